The Hall–Kier alpha value is -1.02. The first kappa shape index (κ1) is 16.0. The Morgan fingerprint density at radius 2 is 1.74 bits per heavy atom. The first-order chi connectivity index (χ1) is 9.17. The Morgan fingerprint density at radius 1 is 1.05 bits per heavy atom. The fraction of sp³-hybridized carbons (Fsp3) is 0.647. The average molecular weight is 263 g/mol. The predicted molar refractivity (Wildman–Crippen MR) is 82.8 cm³/mol. The Labute approximate surface area is 118 Å². The summed E-state index contributed by atoms with van der Waals surface area (Å²) in [7, 11) is 0. The molecular formula is C17H29NO. The second kappa shape index (κ2) is 8.98. The molecule has 0 aliphatic carbocycles. The van der Waals surface area contributed by atoms with Crippen LogP contribution in [0.4, 0.5) is 0 Å². The number of hydrogen-bond acceptors (Lipinski definition) is 2. The lowest BCUT2D eigenvalue weighted by molar-refractivity contribution is 0.242. The van der Waals surface area contributed by atoms with Crippen LogP contribution in [0.1, 0.15) is 65.0 Å². The Morgan fingerprint density at radius 3 is 2.26 bits per heavy atom. The average Bonchev–Trinajstić information content (AvgIpc) is 2.39. The maximum atomic E-state index is 5.69. The maximum Gasteiger partial charge on any atom is 0.119 e. The Bertz CT molecular complexity index is 324. The van der Waals surface area contributed by atoms with Crippen molar-refractivity contribution in [2.75, 3.05) is 6.54 Å². The highest BCUT2D eigenvalue weighted by atomic mass is 16.5. The standard InChI is InChI=1S/C17H29NO/c1-5-7-8-17(18-13-6-2)15-9-11-16(12-10-15)19-14(3)4/h9-12,14,17-18H,5-8,13H2,1-4H3. The van der Waals surface area contributed by atoms with Crippen molar-refractivity contribution in [3.63, 3.8) is 0 Å². The van der Waals surface area contributed by atoms with Crippen LogP contribution in [0.25, 0.3) is 0 Å². The van der Waals surface area contributed by atoms with Crippen molar-refractivity contribution in [3.05, 3.63) is 29.8 Å². The number of hydrogen-bond donors (Lipinski definition) is 1. The SMILES string of the molecule is CCCCC(NCCC)c1ccc(OC(C)C)cc1. The number of unbranched alkanes of at least 4 members (excludes halogenated alkanes) is 1. The lowest BCUT2D eigenvalue weighted by atomic mass is 10.0. The van der Waals surface area contributed by atoms with Gasteiger partial charge in [-0.15, -0.1) is 0 Å². The summed E-state index contributed by atoms with van der Waals surface area (Å²) < 4.78 is 5.69. The van der Waals surface area contributed by atoms with Gasteiger partial charge in [-0.3, -0.25) is 0 Å². The Kier molecular flexibility index (Phi) is 7.57. The van der Waals surface area contributed by atoms with E-state index in [-0.39, 0.29) is 6.10 Å². The summed E-state index contributed by atoms with van der Waals surface area (Å²) in [5, 5.41) is 3.64. The van der Waals surface area contributed by atoms with Gasteiger partial charge in [-0.25, -0.2) is 0 Å². The Balaban J connectivity index is 2.66. The topological polar surface area (TPSA) is 21.3 Å². The molecule has 1 aromatic rings. The van der Waals surface area contributed by atoms with Crippen LogP contribution in [0, 0.1) is 0 Å². The molecular weight excluding hydrogens is 234 g/mol. The van der Waals surface area contributed by atoms with Crippen molar-refractivity contribution in [1.82, 2.24) is 5.32 Å². The van der Waals surface area contributed by atoms with Gasteiger partial charge in [0, 0.05) is 6.04 Å². The zero-order chi connectivity index (χ0) is 14.1. The second-order valence-corrected chi connectivity index (χ2v) is 5.38. The molecule has 1 N–H and O–H groups in total. The van der Waals surface area contributed by atoms with Crippen LogP contribution >= 0.6 is 0 Å². The van der Waals surface area contributed by atoms with Crippen molar-refractivity contribution in [1.29, 1.82) is 0 Å². The van der Waals surface area contributed by atoms with Crippen molar-refractivity contribution >= 4 is 0 Å². The van der Waals surface area contributed by atoms with Crippen LogP contribution in [-0.2, 0) is 0 Å². The van der Waals surface area contributed by atoms with Crippen LogP contribution in [0.3, 0.4) is 0 Å². The summed E-state index contributed by atoms with van der Waals surface area (Å²) in [6.07, 6.45) is 5.14. The summed E-state index contributed by atoms with van der Waals surface area (Å²) in [5.74, 6) is 0.962. The van der Waals surface area contributed by atoms with Crippen LogP contribution in [0.5, 0.6) is 5.75 Å². The van der Waals surface area contributed by atoms with Crippen LogP contribution in [0.2, 0.25) is 0 Å². The van der Waals surface area contributed by atoms with Gasteiger partial charge in [-0.2, -0.15) is 0 Å². The molecule has 2 heteroatoms. The number of rotatable bonds is 9. The van der Waals surface area contributed by atoms with Crippen LogP contribution in [0.15, 0.2) is 24.3 Å². The van der Waals surface area contributed by atoms with E-state index in [1.165, 1.54) is 31.2 Å². The van der Waals surface area contributed by atoms with E-state index in [0.717, 1.165) is 12.3 Å². The van der Waals surface area contributed by atoms with Gasteiger partial charge in [0.25, 0.3) is 0 Å². The smallest absolute Gasteiger partial charge is 0.119 e. The van der Waals surface area contributed by atoms with E-state index in [9.17, 15) is 0 Å². The molecule has 1 atom stereocenters. The predicted octanol–water partition coefficient (Wildman–Crippen LogP) is 4.70. The van der Waals surface area contributed by atoms with Gasteiger partial charge in [0.15, 0.2) is 0 Å². The van der Waals surface area contributed by atoms with E-state index < -0.39 is 0 Å². The molecule has 1 rings (SSSR count). The van der Waals surface area contributed by atoms with E-state index in [4.69, 9.17) is 4.74 Å². The zero-order valence-electron chi connectivity index (χ0n) is 12.9. The molecule has 0 radical (unpaired) electrons. The lowest BCUT2D eigenvalue weighted by Crippen LogP contribution is -2.22. The summed E-state index contributed by atoms with van der Waals surface area (Å²) >= 11 is 0. The molecule has 0 saturated heterocycles. The van der Waals surface area contributed by atoms with Gasteiger partial charge in [-0.1, -0.05) is 38.8 Å². The molecule has 0 aliphatic heterocycles. The fourth-order valence-corrected chi connectivity index (χ4v) is 2.16. The van der Waals surface area contributed by atoms with E-state index in [1.807, 2.05) is 0 Å². The molecule has 2 nitrogen and oxygen atoms in total. The van der Waals surface area contributed by atoms with Crippen LogP contribution < -0.4 is 10.1 Å². The minimum absolute atomic E-state index is 0.236. The lowest BCUT2D eigenvalue weighted by Gasteiger charge is -2.19. The molecule has 0 aliphatic rings. The highest BCUT2D eigenvalue weighted by Crippen LogP contribution is 2.22. The van der Waals surface area contributed by atoms with E-state index in [1.54, 1.807) is 0 Å². The maximum absolute atomic E-state index is 5.69. The molecule has 0 amide bonds. The number of ether oxygens (including phenoxy) is 1. The highest BCUT2D eigenvalue weighted by molar-refractivity contribution is 5.29. The third kappa shape index (κ3) is 6.11. The zero-order valence-corrected chi connectivity index (χ0v) is 12.9. The molecule has 0 heterocycles. The molecule has 0 spiro atoms. The first-order valence-corrected chi connectivity index (χ1v) is 7.67. The summed E-state index contributed by atoms with van der Waals surface area (Å²) in [6.45, 7) is 9.65. The molecule has 1 unspecified atom stereocenters. The van der Waals surface area contributed by atoms with Crippen molar-refractivity contribution in [2.45, 2.75) is 65.5 Å². The van der Waals surface area contributed by atoms with Gasteiger partial charge in [-0.05, 0) is 50.9 Å². The highest BCUT2D eigenvalue weighted by Gasteiger charge is 2.10. The monoisotopic (exact) mass is 263 g/mol. The van der Waals surface area contributed by atoms with Crippen molar-refractivity contribution < 1.29 is 4.74 Å². The van der Waals surface area contributed by atoms with E-state index >= 15 is 0 Å². The first-order valence-electron chi connectivity index (χ1n) is 7.67. The minimum Gasteiger partial charge on any atom is -0.491 e. The second-order valence-electron chi connectivity index (χ2n) is 5.38. The third-order valence-corrected chi connectivity index (χ3v) is 3.14. The quantitative estimate of drug-likeness (QED) is 0.697. The molecule has 0 saturated carbocycles. The van der Waals surface area contributed by atoms with E-state index in [0.29, 0.717) is 6.04 Å². The van der Waals surface area contributed by atoms with Gasteiger partial charge >= 0.3 is 0 Å². The number of benzene rings is 1. The molecule has 0 bridgehead atoms. The normalized spacial score (nSPS) is 12.7. The summed E-state index contributed by atoms with van der Waals surface area (Å²) in [4.78, 5) is 0. The fourth-order valence-electron chi connectivity index (χ4n) is 2.16. The van der Waals surface area contributed by atoms with Gasteiger partial charge in [0.1, 0.15) is 5.75 Å². The molecule has 1 aromatic carbocycles. The van der Waals surface area contributed by atoms with Gasteiger partial charge in [0.2, 0.25) is 0 Å². The summed E-state index contributed by atoms with van der Waals surface area (Å²) in [5.41, 5.74) is 1.37. The van der Waals surface area contributed by atoms with Gasteiger partial charge in [0.05, 0.1) is 6.10 Å². The van der Waals surface area contributed by atoms with Crippen molar-refractivity contribution in [3.8, 4) is 5.75 Å². The molecule has 19 heavy (non-hydrogen) atoms. The minimum atomic E-state index is 0.236. The van der Waals surface area contributed by atoms with E-state index in [2.05, 4.69) is 57.3 Å². The van der Waals surface area contributed by atoms with Crippen LogP contribution in [-0.4, -0.2) is 12.6 Å². The summed E-state index contributed by atoms with van der Waals surface area (Å²) in [6, 6.07) is 9.04. The third-order valence-electron chi connectivity index (χ3n) is 3.14. The molecule has 0 fully saturated rings. The largest absolute Gasteiger partial charge is 0.491 e. The van der Waals surface area contributed by atoms with Crippen molar-refractivity contribution in [2.24, 2.45) is 0 Å². The molecule has 108 valence electrons. The number of nitrogens with one attached hydrogen (secondary N) is 1. The van der Waals surface area contributed by atoms with Gasteiger partial charge < -0.3 is 10.1 Å². The molecule has 0 aromatic heterocycles.